The second-order valence-electron chi connectivity index (χ2n) is 5.77. The predicted octanol–water partition coefficient (Wildman–Crippen LogP) is 3.24. The van der Waals surface area contributed by atoms with E-state index < -0.39 is 0 Å². The smallest absolute Gasteiger partial charge is 0.00436 e. The van der Waals surface area contributed by atoms with E-state index in [9.17, 15) is 0 Å². The molecule has 3 rings (SSSR count). The molecule has 86 valence electrons. The van der Waals surface area contributed by atoms with E-state index in [4.69, 9.17) is 0 Å². The van der Waals surface area contributed by atoms with E-state index in [1.807, 2.05) is 0 Å². The highest BCUT2D eigenvalue weighted by Crippen LogP contribution is 2.55. The van der Waals surface area contributed by atoms with Gasteiger partial charge in [-0.05, 0) is 62.6 Å². The highest BCUT2D eigenvalue weighted by atomic mass is 14.9. The van der Waals surface area contributed by atoms with Gasteiger partial charge in [-0.15, -0.1) is 0 Å². The van der Waals surface area contributed by atoms with E-state index in [1.54, 1.807) is 5.56 Å². The molecule has 1 aliphatic carbocycles. The lowest BCUT2D eigenvalue weighted by Gasteiger charge is -2.50. The summed E-state index contributed by atoms with van der Waals surface area (Å²) in [6, 6.07) is 9.09. The van der Waals surface area contributed by atoms with Crippen LogP contribution in [0.1, 0.15) is 42.7 Å². The second kappa shape index (κ2) is 3.89. The van der Waals surface area contributed by atoms with Crippen molar-refractivity contribution in [1.29, 1.82) is 0 Å². The number of nitrogens with one attached hydrogen (secondary N) is 1. The summed E-state index contributed by atoms with van der Waals surface area (Å²) in [5.74, 6) is 0.845. The van der Waals surface area contributed by atoms with Crippen LogP contribution < -0.4 is 5.32 Å². The fourth-order valence-corrected chi connectivity index (χ4v) is 3.51. The highest BCUT2D eigenvalue weighted by Gasteiger charge is 2.44. The minimum absolute atomic E-state index is 0.708. The molecule has 0 unspecified atom stereocenters. The van der Waals surface area contributed by atoms with Gasteiger partial charge >= 0.3 is 0 Å². The third kappa shape index (κ3) is 1.78. The van der Waals surface area contributed by atoms with Gasteiger partial charge in [-0.3, -0.25) is 0 Å². The molecule has 1 spiro atoms. The van der Waals surface area contributed by atoms with Gasteiger partial charge in [0.2, 0.25) is 0 Å². The molecule has 1 saturated heterocycles. The minimum Gasteiger partial charge on any atom is -0.317 e. The van der Waals surface area contributed by atoms with Crippen molar-refractivity contribution < 1.29 is 0 Å². The van der Waals surface area contributed by atoms with Crippen LogP contribution >= 0.6 is 0 Å². The van der Waals surface area contributed by atoms with Crippen LogP contribution in [-0.2, 0) is 0 Å². The SMILES string of the molecule is Cc1cccc(C2CC3(CCNCC3)C2)c1. The Kier molecular flexibility index (Phi) is 2.51. The number of rotatable bonds is 1. The Morgan fingerprint density at radius 2 is 1.94 bits per heavy atom. The average Bonchev–Trinajstić information content (AvgIpc) is 2.27. The molecule has 0 aromatic heterocycles. The fraction of sp³-hybridized carbons (Fsp3) is 0.600. The Balaban J connectivity index is 1.68. The molecule has 1 N–H and O–H groups in total. The molecule has 1 heteroatoms. The van der Waals surface area contributed by atoms with Crippen molar-refractivity contribution in [3.05, 3.63) is 35.4 Å². The number of hydrogen-bond donors (Lipinski definition) is 1. The lowest BCUT2D eigenvalue weighted by molar-refractivity contribution is 0.0604. The second-order valence-corrected chi connectivity index (χ2v) is 5.77. The van der Waals surface area contributed by atoms with Crippen LogP contribution in [-0.4, -0.2) is 13.1 Å². The molecule has 16 heavy (non-hydrogen) atoms. The Morgan fingerprint density at radius 1 is 1.19 bits per heavy atom. The summed E-state index contributed by atoms with van der Waals surface area (Å²) in [6.07, 6.45) is 5.65. The Labute approximate surface area is 98.3 Å². The average molecular weight is 215 g/mol. The lowest BCUT2D eigenvalue weighted by atomic mass is 9.56. The molecule has 1 aliphatic heterocycles. The molecule has 0 radical (unpaired) electrons. The van der Waals surface area contributed by atoms with Gasteiger partial charge in [0.15, 0.2) is 0 Å². The van der Waals surface area contributed by atoms with Gasteiger partial charge in [-0.2, -0.15) is 0 Å². The molecular formula is C15H21N. The molecule has 2 aliphatic rings. The van der Waals surface area contributed by atoms with E-state index in [-0.39, 0.29) is 0 Å². The lowest BCUT2D eigenvalue weighted by Crippen LogP contribution is -2.44. The molecule has 1 nitrogen and oxygen atoms in total. The molecule has 1 heterocycles. The molecule has 0 bridgehead atoms. The summed E-state index contributed by atoms with van der Waals surface area (Å²) in [5.41, 5.74) is 3.69. The molecule has 0 atom stereocenters. The van der Waals surface area contributed by atoms with Crippen molar-refractivity contribution in [2.75, 3.05) is 13.1 Å². The van der Waals surface area contributed by atoms with Gasteiger partial charge in [-0.25, -0.2) is 0 Å². The predicted molar refractivity (Wildman–Crippen MR) is 67.7 cm³/mol. The summed E-state index contributed by atoms with van der Waals surface area (Å²) in [7, 11) is 0. The van der Waals surface area contributed by atoms with Crippen molar-refractivity contribution in [3.63, 3.8) is 0 Å². The van der Waals surface area contributed by atoms with Crippen LogP contribution in [0.25, 0.3) is 0 Å². The largest absolute Gasteiger partial charge is 0.317 e. The first-order chi connectivity index (χ1) is 7.77. The molecular weight excluding hydrogens is 194 g/mol. The number of aryl methyl sites for hydroxylation is 1. The third-order valence-corrected chi connectivity index (χ3v) is 4.54. The van der Waals surface area contributed by atoms with Gasteiger partial charge in [0.1, 0.15) is 0 Å². The van der Waals surface area contributed by atoms with Gasteiger partial charge in [0.05, 0.1) is 0 Å². The summed E-state index contributed by atoms with van der Waals surface area (Å²) in [6.45, 7) is 4.67. The summed E-state index contributed by atoms with van der Waals surface area (Å²) in [4.78, 5) is 0. The first kappa shape index (κ1) is 10.3. The summed E-state index contributed by atoms with van der Waals surface area (Å²) >= 11 is 0. The summed E-state index contributed by atoms with van der Waals surface area (Å²) in [5, 5.41) is 3.47. The zero-order valence-corrected chi connectivity index (χ0v) is 10.1. The van der Waals surface area contributed by atoms with Crippen molar-refractivity contribution in [1.82, 2.24) is 5.32 Å². The molecule has 0 amide bonds. The Bertz CT molecular complexity index is 369. The van der Waals surface area contributed by atoms with Crippen LogP contribution in [0.5, 0.6) is 0 Å². The molecule has 1 saturated carbocycles. The van der Waals surface area contributed by atoms with Gasteiger partial charge in [-0.1, -0.05) is 29.8 Å². The molecule has 1 aromatic rings. The van der Waals surface area contributed by atoms with E-state index >= 15 is 0 Å². The zero-order chi connectivity index (χ0) is 11.0. The van der Waals surface area contributed by atoms with Crippen molar-refractivity contribution in [3.8, 4) is 0 Å². The third-order valence-electron chi connectivity index (χ3n) is 4.54. The first-order valence-electron chi connectivity index (χ1n) is 6.55. The topological polar surface area (TPSA) is 12.0 Å². The van der Waals surface area contributed by atoms with Gasteiger partial charge in [0.25, 0.3) is 0 Å². The standard InChI is InChI=1S/C15H21N/c1-12-3-2-4-13(9-12)14-10-15(11-14)5-7-16-8-6-15/h2-4,9,14,16H,5-8,10-11H2,1H3. The van der Waals surface area contributed by atoms with Crippen molar-refractivity contribution in [2.24, 2.45) is 5.41 Å². The number of benzene rings is 1. The van der Waals surface area contributed by atoms with Crippen LogP contribution in [0.4, 0.5) is 0 Å². The van der Waals surface area contributed by atoms with Crippen LogP contribution in [0.15, 0.2) is 24.3 Å². The molecule has 1 aromatic carbocycles. The quantitative estimate of drug-likeness (QED) is 0.758. The zero-order valence-electron chi connectivity index (χ0n) is 10.1. The molecule has 2 fully saturated rings. The van der Waals surface area contributed by atoms with Crippen molar-refractivity contribution in [2.45, 2.75) is 38.5 Å². The number of piperidine rings is 1. The van der Waals surface area contributed by atoms with E-state index in [1.165, 1.54) is 44.3 Å². The fourth-order valence-electron chi connectivity index (χ4n) is 3.51. The van der Waals surface area contributed by atoms with Gasteiger partial charge in [0, 0.05) is 0 Å². The Hall–Kier alpha value is -0.820. The minimum atomic E-state index is 0.708. The van der Waals surface area contributed by atoms with Crippen molar-refractivity contribution >= 4 is 0 Å². The monoisotopic (exact) mass is 215 g/mol. The maximum atomic E-state index is 3.47. The van der Waals surface area contributed by atoms with E-state index in [0.717, 1.165) is 5.92 Å². The van der Waals surface area contributed by atoms with Crippen LogP contribution in [0, 0.1) is 12.3 Å². The Morgan fingerprint density at radius 3 is 2.62 bits per heavy atom. The number of hydrogen-bond acceptors (Lipinski definition) is 1. The maximum absolute atomic E-state index is 3.47. The van der Waals surface area contributed by atoms with E-state index in [0.29, 0.717) is 5.41 Å². The van der Waals surface area contributed by atoms with E-state index in [2.05, 4.69) is 36.5 Å². The highest BCUT2D eigenvalue weighted by molar-refractivity contribution is 5.28. The summed E-state index contributed by atoms with van der Waals surface area (Å²) < 4.78 is 0. The normalized spacial score (nSPS) is 24.3. The van der Waals surface area contributed by atoms with Gasteiger partial charge < -0.3 is 5.32 Å². The van der Waals surface area contributed by atoms with Crippen LogP contribution in [0.2, 0.25) is 0 Å². The maximum Gasteiger partial charge on any atom is -0.00436 e. The first-order valence-corrected chi connectivity index (χ1v) is 6.55. The van der Waals surface area contributed by atoms with Crippen LogP contribution in [0.3, 0.4) is 0 Å².